The van der Waals surface area contributed by atoms with Gasteiger partial charge in [-0.05, 0) is 51.4 Å². The van der Waals surface area contributed by atoms with E-state index in [1.54, 1.807) is 0 Å². The van der Waals surface area contributed by atoms with Gasteiger partial charge in [-0.3, -0.25) is 4.90 Å². The monoisotopic (exact) mass is 276 g/mol. The smallest absolute Gasteiger partial charge is 0.0451 e. The Kier molecular flexibility index (Phi) is 7.25. The minimum Gasteiger partial charge on any atom is -0.309 e. The third kappa shape index (κ3) is 4.60. The zero-order valence-corrected chi connectivity index (χ0v) is 14.2. The quantitative estimate of drug-likeness (QED) is 0.770. The average molecular weight is 276 g/mol. The van der Waals surface area contributed by atoms with Gasteiger partial charge in [0, 0.05) is 18.6 Å². The van der Waals surface area contributed by atoms with E-state index in [0.717, 1.165) is 19.6 Å². The highest BCUT2D eigenvalue weighted by Gasteiger charge is 2.18. The van der Waals surface area contributed by atoms with Gasteiger partial charge >= 0.3 is 0 Å². The van der Waals surface area contributed by atoms with Crippen molar-refractivity contribution in [1.29, 1.82) is 0 Å². The molecule has 0 heterocycles. The predicted octanol–water partition coefficient (Wildman–Crippen LogP) is 4.07. The molecule has 2 atom stereocenters. The molecule has 0 aromatic heterocycles. The second-order valence-electron chi connectivity index (χ2n) is 5.82. The SMILES string of the molecule is CCNC(CN(CC)C(C)CC)c1ccc(C)cc1C. The lowest BCUT2D eigenvalue weighted by Crippen LogP contribution is -2.40. The van der Waals surface area contributed by atoms with Gasteiger partial charge in [0.2, 0.25) is 0 Å². The van der Waals surface area contributed by atoms with Crippen molar-refractivity contribution >= 4 is 0 Å². The first-order chi connectivity index (χ1) is 9.53. The first-order valence-electron chi connectivity index (χ1n) is 8.07. The van der Waals surface area contributed by atoms with E-state index in [1.807, 2.05) is 0 Å². The lowest BCUT2D eigenvalue weighted by Gasteiger charge is -2.32. The first kappa shape index (κ1) is 17.2. The van der Waals surface area contributed by atoms with Crippen molar-refractivity contribution in [2.45, 2.75) is 60.0 Å². The highest BCUT2D eigenvalue weighted by Crippen LogP contribution is 2.21. The molecule has 1 rings (SSSR count). The van der Waals surface area contributed by atoms with Crippen LogP contribution in [0.5, 0.6) is 0 Å². The predicted molar refractivity (Wildman–Crippen MR) is 89.3 cm³/mol. The number of nitrogens with zero attached hydrogens (tertiary/aromatic N) is 1. The number of nitrogens with one attached hydrogen (secondary N) is 1. The maximum atomic E-state index is 3.66. The van der Waals surface area contributed by atoms with Gasteiger partial charge in [0.15, 0.2) is 0 Å². The van der Waals surface area contributed by atoms with Crippen molar-refractivity contribution in [1.82, 2.24) is 10.2 Å². The van der Waals surface area contributed by atoms with E-state index >= 15 is 0 Å². The van der Waals surface area contributed by atoms with Crippen molar-refractivity contribution in [2.75, 3.05) is 19.6 Å². The summed E-state index contributed by atoms with van der Waals surface area (Å²) in [6.45, 7) is 16.7. The molecule has 0 aliphatic rings. The third-order valence-corrected chi connectivity index (χ3v) is 4.29. The fourth-order valence-electron chi connectivity index (χ4n) is 2.85. The molecule has 2 heteroatoms. The van der Waals surface area contributed by atoms with E-state index in [1.165, 1.54) is 23.1 Å². The van der Waals surface area contributed by atoms with Crippen LogP contribution in [0, 0.1) is 13.8 Å². The van der Waals surface area contributed by atoms with E-state index in [4.69, 9.17) is 0 Å². The van der Waals surface area contributed by atoms with Gasteiger partial charge in [-0.15, -0.1) is 0 Å². The van der Waals surface area contributed by atoms with Gasteiger partial charge in [-0.2, -0.15) is 0 Å². The molecule has 1 aromatic rings. The second kappa shape index (κ2) is 8.43. The van der Waals surface area contributed by atoms with Crippen molar-refractivity contribution in [3.05, 3.63) is 34.9 Å². The molecule has 0 aliphatic heterocycles. The lowest BCUT2D eigenvalue weighted by molar-refractivity contribution is 0.192. The summed E-state index contributed by atoms with van der Waals surface area (Å²) in [5.41, 5.74) is 4.19. The number of likely N-dealkylation sites (N-methyl/N-ethyl adjacent to an activating group) is 2. The molecule has 0 spiro atoms. The molecule has 114 valence electrons. The standard InChI is InChI=1S/C18H32N2/c1-7-16(6)20(9-3)13-18(19-8-2)17-11-10-14(4)12-15(17)5/h10-12,16,18-19H,7-9,13H2,1-6H3. The molecule has 0 saturated heterocycles. The van der Waals surface area contributed by atoms with Gasteiger partial charge < -0.3 is 5.32 Å². The van der Waals surface area contributed by atoms with Gasteiger partial charge in [-0.25, -0.2) is 0 Å². The molecular formula is C18H32N2. The average Bonchev–Trinajstić information content (AvgIpc) is 2.43. The fourth-order valence-corrected chi connectivity index (χ4v) is 2.85. The molecular weight excluding hydrogens is 244 g/mol. The molecule has 2 unspecified atom stereocenters. The van der Waals surface area contributed by atoms with Crippen LogP contribution < -0.4 is 5.32 Å². The van der Waals surface area contributed by atoms with Crippen molar-refractivity contribution in [3.8, 4) is 0 Å². The summed E-state index contributed by atoms with van der Waals surface area (Å²) in [4.78, 5) is 2.58. The highest BCUT2D eigenvalue weighted by atomic mass is 15.2. The molecule has 0 aliphatic carbocycles. The summed E-state index contributed by atoms with van der Waals surface area (Å²) in [7, 11) is 0. The number of benzene rings is 1. The zero-order valence-electron chi connectivity index (χ0n) is 14.2. The topological polar surface area (TPSA) is 15.3 Å². The van der Waals surface area contributed by atoms with E-state index in [9.17, 15) is 0 Å². The summed E-state index contributed by atoms with van der Waals surface area (Å²) in [5.74, 6) is 0. The molecule has 2 nitrogen and oxygen atoms in total. The van der Waals surface area contributed by atoms with Crippen LogP contribution in [-0.4, -0.2) is 30.6 Å². The minimum atomic E-state index is 0.426. The lowest BCUT2D eigenvalue weighted by atomic mass is 9.98. The Morgan fingerprint density at radius 2 is 1.85 bits per heavy atom. The van der Waals surface area contributed by atoms with E-state index < -0.39 is 0 Å². The molecule has 0 bridgehead atoms. The van der Waals surface area contributed by atoms with E-state index in [2.05, 4.69) is 70.0 Å². The van der Waals surface area contributed by atoms with E-state index in [-0.39, 0.29) is 0 Å². The molecule has 1 N–H and O–H groups in total. The summed E-state index contributed by atoms with van der Waals surface area (Å²) >= 11 is 0. The Bertz CT molecular complexity index is 400. The minimum absolute atomic E-state index is 0.426. The number of hydrogen-bond acceptors (Lipinski definition) is 2. The normalized spacial score (nSPS) is 14.6. The van der Waals surface area contributed by atoms with Gasteiger partial charge in [0.1, 0.15) is 0 Å². The Hall–Kier alpha value is -0.860. The Labute approximate surface area is 125 Å². The van der Waals surface area contributed by atoms with Crippen LogP contribution in [-0.2, 0) is 0 Å². The van der Waals surface area contributed by atoms with Crippen LogP contribution in [0.25, 0.3) is 0 Å². The van der Waals surface area contributed by atoms with Crippen LogP contribution in [0.1, 0.15) is 56.8 Å². The van der Waals surface area contributed by atoms with Gasteiger partial charge in [0.05, 0.1) is 0 Å². The largest absolute Gasteiger partial charge is 0.309 e. The van der Waals surface area contributed by atoms with Gasteiger partial charge in [-0.1, -0.05) is 44.5 Å². The first-order valence-corrected chi connectivity index (χ1v) is 8.07. The Morgan fingerprint density at radius 1 is 1.15 bits per heavy atom. The van der Waals surface area contributed by atoms with Crippen molar-refractivity contribution < 1.29 is 0 Å². The molecule has 20 heavy (non-hydrogen) atoms. The maximum Gasteiger partial charge on any atom is 0.0451 e. The molecule has 0 amide bonds. The van der Waals surface area contributed by atoms with E-state index in [0.29, 0.717) is 12.1 Å². The Morgan fingerprint density at radius 3 is 2.35 bits per heavy atom. The highest BCUT2D eigenvalue weighted by molar-refractivity contribution is 5.33. The van der Waals surface area contributed by atoms with Crippen LogP contribution in [0.3, 0.4) is 0 Å². The van der Waals surface area contributed by atoms with Crippen LogP contribution in [0.15, 0.2) is 18.2 Å². The molecule has 0 radical (unpaired) electrons. The summed E-state index contributed by atoms with van der Waals surface area (Å²) in [6, 6.07) is 7.88. The third-order valence-electron chi connectivity index (χ3n) is 4.29. The van der Waals surface area contributed by atoms with Crippen LogP contribution in [0.4, 0.5) is 0 Å². The van der Waals surface area contributed by atoms with Crippen LogP contribution in [0.2, 0.25) is 0 Å². The summed E-state index contributed by atoms with van der Waals surface area (Å²) < 4.78 is 0. The second-order valence-corrected chi connectivity index (χ2v) is 5.82. The van der Waals surface area contributed by atoms with Crippen molar-refractivity contribution in [3.63, 3.8) is 0 Å². The fraction of sp³-hybridized carbons (Fsp3) is 0.667. The molecule has 1 aromatic carbocycles. The summed E-state index contributed by atoms with van der Waals surface area (Å²) in [6.07, 6.45) is 1.21. The Balaban J connectivity index is 2.92. The number of hydrogen-bond donors (Lipinski definition) is 1. The van der Waals surface area contributed by atoms with Crippen LogP contribution >= 0.6 is 0 Å². The molecule has 0 saturated carbocycles. The van der Waals surface area contributed by atoms with Gasteiger partial charge in [0.25, 0.3) is 0 Å². The maximum absolute atomic E-state index is 3.66. The molecule has 0 fully saturated rings. The zero-order chi connectivity index (χ0) is 15.1. The van der Waals surface area contributed by atoms with Crippen molar-refractivity contribution in [2.24, 2.45) is 0 Å². The number of aryl methyl sites for hydroxylation is 2. The number of rotatable bonds is 8. The summed E-state index contributed by atoms with van der Waals surface area (Å²) in [5, 5.41) is 3.66.